The Morgan fingerprint density at radius 3 is 2.57 bits per heavy atom. The largest absolute Gasteiger partial charge is 0.330 e. The third-order valence-corrected chi connectivity index (χ3v) is 4.11. The summed E-state index contributed by atoms with van der Waals surface area (Å²) in [6.45, 7) is 2.61. The van der Waals surface area contributed by atoms with Crippen molar-refractivity contribution < 1.29 is 9.59 Å². The van der Waals surface area contributed by atoms with E-state index in [1.807, 2.05) is 4.90 Å². The van der Waals surface area contributed by atoms with Gasteiger partial charge in [0.2, 0.25) is 5.91 Å². The lowest BCUT2D eigenvalue weighted by molar-refractivity contribution is -0.121. The van der Waals surface area contributed by atoms with Gasteiger partial charge in [0.15, 0.2) is 0 Å². The minimum Gasteiger partial charge on any atom is -0.330 e. The molecule has 5 nitrogen and oxygen atoms in total. The molecule has 0 atom stereocenters. The molecule has 1 aromatic carbocycles. The highest BCUT2D eigenvalue weighted by molar-refractivity contribution is 6.34. The Morgan fingerprint density at radius 1 is 1.29 bits per heavy atom. The van der Waals surface area contributed by atoms with Crippen molar-refractivity contribution in [2.45, 2.75) is 12.8 Å². The summed E-state index contributed by atoms with van der Waals surface area (Å²) in [5.74, 6) is -0.206. The molecule has 1 aromatic rings. The lowest BCUT2D eigenvalue weighted by Gasteiger charge is -2.30. The normalized spacial score (nSPS) is 16.7. The second-order valence-corrected chi connectivity index (χ2v) is 5.72. The first kappa shape index (κ1) is 15.9. The summed E-state index contributed by atoms with van der Waals surface area (Å²) in [5.41, 5.74) is 5.95. The van der Waals surface area contributed by atoms with Crippen molar-refractivity contribution in [2.24, 2.45) is 11.7 Å². The predicted molar refractivity (Wildman–Crippen MR) is 82.1 cm³/mol. The van der Waals surface area contributed by atoms with E-state index in [0.717, 1.165) is 25.9 Å². The predicted octanol–water partition coefficient (Wildman–Crippen LogP) is 1.27. The van der Waals surface area contributed by atoms with Gasteiger partial charge in [0, 0.05) is 0 Å². The first-order chi connectivity index (χ1) is 10.1. The van der Waals surface area contributed by atoms with Crippen LogP contribution in [0.5, 0.6) is 0 Å². The van der Waals surface area contributed by atoms with Gasteiger partial charge < -0.3 is 5.73 Å². The molecule has 0 unspecified atom stereocenters. The number of nitrogens with one attached hydrogen (secondary N) is 1. The molecule has 2 rings (SSSR count). The summed E-state index contributed by atoms with van der Waals surface area (Å²) >= 11 is 5.93. The Hall–Kier alpha value is -1.43. The number of halogens is 1. The molecule has 0 aliphatic carbocycles. The summed E-state index contributed by atoms with van der Waals surface area (Å²) in [7, 11) is 0. The highest BCUT2D eigenvalue weighted by atomic mass is 35.5. The molecule has 1 aliphatic heterocycles. The zero-order valence-corrected chi connectivity index (χ0v) is 12.6. The number of carbonyl (C=O) groups excluding carboxylic acids is 2. The van der Waals surface area contributed by atoms with Gasteiger partial charge in [-0.2, -0.15) is 0 Å². The molecule has 0 spiro atoms. The van der Waals surface area contributed by atoms with Crippen LogP contribution in [0.4, 0.5) is 0 Å². The van der Waals surface area contributed by atoms with Crippen LogP contribution in [0.25, 0.3) is 0 Å². The van der Waals surface area contributed by atoms with E-state index in [2.05, 4.69) is 5.32 Å². The number of carbonyl (C=O) groups is 2. The van der Waals surface area contributed by atoms with Gasteiger partial charge >= 0.3 is 0 Å². The number of rotatable bonds is 4. The monoisotopic (exact) mass is 309 g/mol. The van der Waals surface area contributed by atoms with Crippen LogP contribution in [0, 0.1) is 5.92 Å². The van der Waals surface area contributed by atoms with Crippen molar-refractivity contribution in [3.05, 3.63) is 34.9 Å². The summed E-state index contributed by atoms with van der Waals surface area (Å²) < 4.78 is 0. The second kappa shape index (κ2) is 7.54. The third kappa shape index (κ3) is 4.52. The molecule has 0 saturated carbocycles. The standard InChI is InChI=1S/C15H20ClN3O2/c16-13-4-2-1-3-12(13)15(21)18-14(20)10-19-7-5-11(9-17)6-8-19/h1-4,11H,5-10,17H2,(H,18,20,21). The maximum Gasteiger partial charge on any atom is 0.259 e. The molecular weight excluding hydrogens is 290 g/mol. The average Bonchev–Trinajstić information content (AvgIpc) is 2.48. The number of nitrogens with two attached hydrogens (primary N) is 1. The van der Waals surface area contributed by atoms with Crippen LogP contribution in [-0.2, 0) is 4.79 Å². The molecule has 1 saturated heterocycles. The van der Waals surface area contributed by atoms with E-state index in [1.165, 1.54) is 0 Å². The molecule has 1 heterocycles. The van der Waals surface area contributed by atoms with Gasteiger partial charge in [-0.25, -0.2) is 0 Å². The SMILES string of the molecule is NCC1CCN(CC(=O)NC(=O)c2ccccc2Cl)CC1. The highest BCUT2D eigenvalue weighted by Crippen LogP contribution is 2.16. The number of benzene rings is 1. The van der Waals surface area contributed by atoms with Crippen molar-refractivity contribution in [3.8, 4) is 0 Å². The number of amides is 2. The highest BCUT2D eigenvalue weighted by Gasteiger charge is 2.21. The number of imide groups is 1. The van der Waals surface area contributed by atoms with Gasteiger partial charge in [-0.15, -0.1) is 0 Å². The Labute approximate surface area is 129 Å². The molecular formula is C15H20ClN3O2. The lowest BCUT2D eigenvalue weighted by Crippen LogP contribution is -2.44. The van der Waals surface area contributed by atoms with Gasteiger partial charge in [0.1, 0.15) is 0 Å². The van der Waals surface area contributed by atoms with Gasteiger partial charge in [-0.05, 0) is 50.5 Å². The summed E-state index contributed by atoms with van der Waals surface area (Å²) in [4.78, 5) is 25.9. The zero-order chi connectivity index (χ0) is 15.2. The molecule has 0 aromatic heterocycles. The van der Waals surface area contributed by atoms with Crippen LogP contribution in [0.3, 0.4) is 0 Å². The van der Waals surface area contributed by atoms with E-state index >= 15 is 0 Å². The molecule has 1 fully saturated rings. The van der Waals surface area contributed by atoms with Crippen LogP contribution in [-0.4, -0.2) is 42.9 Å². The topological polar surface area (TPSA) is 75.4 Å². The van der Waals surface area contributed by atoms with Crippen molar-refractivity contribution in [1.29, 1.82) is 0 Å². The number of piperidine rings is 1. The van der Waals surface area contributed by atoms with Gasteiger partial charge in [-0.3, -0.25) is 19.8 Å². The minimum absolute atomic E-state index is 0.230. The van der Waals surface area contributed by atoms with Crippen molar-refractivity contribution in [1.82, 2.24) is 10.2 Å². The van der Waals surface area contributed by atoms with Crippen molar-refractivity contribution in [2.75, 3.05) is 26.2 Å². The number of nitrogens with zero attached hydrogens (tertiary/aromatic N) is 1. The van der Waals surface area contributed by atoms with Crippen LogP contribution >= 0.6 is 11.6 Å². The number of hydrogen-bond donors (Lipinski definition) is 2. The second-order valence-electron chi connectivity index (χ2n) is 5.31. The molecule has 1 aliphatic rings. The van der Waals surface area contributed by atoms with Crippen LogP contribution in [0.2, 0.25) is 5.02 Å². The molecule has 3 N–H and O–H groups in total. The first-order valence-electron chi connectivity index (χ1n) is 7.11. The van der Waals surface area contributed by atoms with E-state index in [1.54, 1.807) is 24.3 Å². The number of hydrogen-bond acceptors (Lipinski definition) is 4. The zero-order valence-electron chi connectivity index (χ0n) is 11.8. The van der Waals surface area contributed by atoms with Gasteiger partial charge in [0.25, 0.3) is 5.91 Å². The third-order valence-electron chi connectivity index (χ3n) is 3.78. The smallest absolute Gasteiger partial charge is 0.259 e. The van der Waals surface area contributed by atoms with Crippen molar-refractivity contribution >= 4 is 23.4 Å². The van der Waals surface area contributed by atoms with E-state index in [4.69, 9.17) is 17.3 Å². The first-order valence-corrected chi connectivity index (χ1v) is 7.49. The molecule has 21 heavy (non-hydrogen) atoms. The molecule has 0 radical (unpaired) electrons. The Morgan fingerprint density at radius 2 is 1.95 bits per heavy atom. The maximum absolute atomic E-state index is 12.0. The van der Waals surface area contributed by atoms with E-state index in [0.29, 0.717) is 23.0 Å². The molecule has 114 valence electrons. The van der Waals surface area contributed by atoms with Crippen molar-refractivity contribution in [3.63, 3.8) is 0 Å². The number of likely N-dealkylation sites (tertiary alicyclic amines) is 1. The summed E-state index contributed by atoms with van der Waals surface area (Å²) in [5, 5.41) is 2.72. The lowest BCUT2D eigenvalue weighted by atomic mass is 9.97. The van der Waals surface area contributed by atoms with Crippen LogP contribution in [0.1, 0.15) is 23.2 Å². The minimum atomic E-state index is -0.456. The molecule has 6 heteroatoms. The fraction of sp³-hybridized carbons (Fsp3) is 0.467. The van der Waals surface area contributed by atoms with E-state index in [9.17, 15) is 9.59 Å². The summed E-state index contributed by atoms with van der Waals surface area (Å²) in [6.07, 6.45) is 2.00. The fourth-order valence-electron chi connectivity index (χ4n) is 2.46. The quantitative estimate of drug-likeness (QED) is 0.878. The van der Waals surface area contributed by atoms with Crippen LogP contribution < -0.4 is 11.1 Å². The van der Waals surface area contributed by atoms with Gasteiger partial charge in [0.05, 0.1) is 17.1 Å². The van der Waals surface area contributed by atoms with E-state index < -0.39 is 5.91 Å². The average molecular weight is 310 g/mol. The summed E-state index contributed by atoms with van der Waals surface area (Å²) in [6, 6.07) is 6.67. The Kier molecular flexibility index (Phi) is 5.73. The molecule has 2 amide bonds. The maximum atomic E-state index is 12.0. The fourth-order valence-corrected chi connectivity index (χ4v) is 2.68. The van der Waals surface area contributed by atoms with Gasteiger partial charge in [-0.1, -0.05) is 23.7 Å². The van der Waals surface area contributed by atoms with E-state index in [-0.39, 0.29) is 12.5 Å². The Bertz CT molecular complexity index is 513. The van der Waals surface area contributed by atoms with Crippen LogP contribution in [0.15, 0.2) is 24.3 Å². The molecule has 0 bridgehead atoms. The Balaban J connectivity index is 1.82.